The Morgan fingerprint density at radius 1 is 1.25 bits per heavy atom. The zero-order valence-corrected chi connectivity index (χ0v) is 11.8. The number of alkyl halides is 1. The topological polar surface area (TPSA) is 49.3 Å². The number of carbonyl (C=O) groups is 1. The van der Waals surface area contributed by atoms with Gasteiger partial charge in [0.1, 0.15) is 5.75 Å². The van der Waals surface area contributed by atoms with Gasteiger partial charge in [0, 0.05) is 23.2 Å². The average molecular weight is 290 g/mol. The molecule has 0 unspecified atom stereocenters. The number of hydrogen-bond acceptors (Lipinski definition) is 2. The Bertz CT molecular complexity index is 665. The van der Waals surface area contributed by atoms with Gasteiger partial charge < -0.3 is 10.4 Å². The van der Waals surface area contributed by atoms with Crippen LogP contribution in [-0.2, 0) is 0 Å². The number of halogens is 1. The molecule has 1 saturated carbocycles. The zero-order chi connectivity index (χ0) is 14.2. The number of benzene rings is 2. The summed E-state index contributed by atoms with van der Waals surface area (Å²) in [4.78, 5) is 12.2. The molecule has 2 N–H and O–H groups in total. The van der Waals surface area contributed by atoms with Gasteiger partial charge >= 0.3 is 0 Å². The maximum atomic E-state index is 12.2. The number of nitrogens with one attached hydrogen (secondary N) is 1. The number of carbonyl (C=O) groups excluding carboxylic acids is 1. The second kappa shape index (κ2) is 4.98. The molecule has 20 heavy (non-hydrogen) atoms. The maximum absolute atomic E-state index is 12.2. The van der Waals surface area contributed by atoms with Crippen LogP contribution >= 0.6 is 11.6 Å². The lowest BCUT2D eigenvalue weighted by Gasteiger charge is -2.13. The first-order chi connectivity index (χ1) is 9.65. The van der Waals surface area contributed by atoms with Crippen LogP contribution in [0.5, 0.6) is 5.75 Å². The number of amides is 1. The second-order valence-electron chi connectivity index (χ2n) is 5.50. The zero-order valence-electron chi connectivity index (χ0n) is 11.0. The van der Waals surface area contributed by atoms with Gasteiger partial charge in [-0.3, -0.25) is 4.79 Å². The molecule has 2 aromatic rings. The molecular weight excluding hydrogens is 274 g/mol. The predicted octanol–water partition coefficient (Wildman–Crippen LogP) is 3.29. The van der Waals surface area contributed by atoms with Crippen molar-refractivity contribution in [2.45, 2.75) is 12.8 Å². The Balaban J connectivity index is 1.82. The van der Waals surface area contributed by atoms with Crippen molar-refractivity contribution in [1.29, 1.82) is 0 Å². The molecule has 104 valence electrons. The fourth-order valence-corrected chi connectivity index (χ4v) is 2.70. The van der Waals surface area contributed by atoms with Crippen LogP contribution in [-0.4, -0.2) is 23.4 Å². The average Bonchev–Trinajstić information content (AvgIpc) is 3.26. The number of hydrogen-bond donors (Lipinski definition) is 2. The molecule has 3 nitrogen and oxygen atoms in total. The molecular formula is C16H16ClNO2. The highest BCUT2D eigenvalue weighted by Crippen LogP contribution is 2.45. The van der Waals surface area contributed by atoms with Crippen LogP contribution in [0.25, 0.3) is 10.8 Å². The minimum absolute atomic E-state index is 0.0383. The highest BCUT2D eigenvalue weighted by molar-refractivity contribution is 6.18. The molecule has 0 heterocycles. The number of aromatic hydroxyl groups is 1. The van der Waals surface area contributed by atoms with Crippen LogP contribution in [0.15, 0.2) is 36.4 Å². The lowest BCUT2D eigenvalue weighted by molar-refractivity contribution is 0.0944. The summed E-state index contributed by atoms with van der Waals surface area (Å²) in [6.45, 7) is 0.571. The lowest BCUT2D eigenvalue weighted by atomic mass is 10.0. The van der Waals surface area contributed by atoms with Gasteiger partial charge in [-0.1, -0.05) is 30.3 Å². The van der Waals surface area contributed by atoms with E-state index >= 15 is 0 Å². The smallest absolute Gasteiger partial charge is 0.255 e. The van der Waals surface area contributed by atoms with Crippen molar-refractivity contribution < 1.29 is 9.90 Å². The third-order valence-corrected chi connectivity index (χ3v) is 4.58. The van der Waals surface area contributed by atoms with Crippen molar-refractivity contribution >= 4 is 28.3 Å². The summed E-state index contributed by atoms with van der Waals surface area (Å²) < 4.78 is 0. The molecule has 0 spiro atoms. The summed E-state index contributed by atoms with van der Waals surface area (Å²) in [5.74, 6) is 0.359. The van der Waals surface area contributed by atoms with Crippen LogP contribution in [0, 0.1) is 5.41 Å². The van der Waals surface area contributed by atoms with Crippen LogP contribution in [0.2, 0.25) is 0 Å². The minimum atomic E-state index is -0.246. The molecule has 0 aliphatic heterocycles. The van der Waals surface area contributed by atoms with E-state index < -0.39 is 0 Å². The van der Waals surface area contributed by atoms with Crippen LogP contribution < -0.4 is 5.32 Å². The Morgan fingerprint density at radius 2 is 2.00 bits per heavy atom. The van der Waals surface area contributed by atoms with E-state index in [1.807, 2.05) is 30.3 Å². The van der Waals surface area contributed by atoms with Gasteiger partial charge in [-0.2, -0.15) is 0 Å². The Morgan fingerprint density at radius 3 is 2.70 bits per heavy atom. The molecule has 0 bridgehead atoms. The molecule has 1 aliphatic rings. The number of phenols is 1. The largest absolute Gasteiger partial charge is 0.506 e. The summed E-state index contributed by atoms with van der Waals surface area (Å²) >= 11 is 5.89. The van der Waals surface area contributed by atoms with E-state index in [0.29, 0.717) is 23.4 Å². The summed E-state index contributed by atoms with van der Waals surface area (Å²) in [7, 11) is 0. The van der Waals surface area contributed by atoms with Gasteiger partial charge in [-0.25, -0.2) is 0 Å². The number of rotatable bonds is 4. The number of phenolic OH excluding ortho intramolecular Hbond substituents is 1. The highest BCUT2D eigenvalue weighted by atomic mass is 35.5. The molecule has 0 saturated heterocycles. The minimum Gasteiger partial charge on any atom is -0.506 e. The molecule has 0 radical (unpaired) electrons. The Labute approximate surface area is 122 Å². The maximum Gasteiger partial charge on any atom is 0.255 e. The quantitative estimate of drug-likeness (QED) is 0.849. The predicted molar refractivity (Wildman–Crippen MR) is 80.3 cm³/mol. The van der Waals surface area contributed by atoms with Crippen molar-refractivity contribution in [3.05, 3.63) is 42.0 Å². The molecule has 4 heteroatoms. The van der Waals surface area contributed by atoms with Crippen molar-refractivity contribution in [3.8, 4) is 5.75 Å². The van der Waals surface area contributed by atoms with Crippen molar-refractivity contribution in [2.75, 3.05) is 12.4 Å². The van der Waals surface area contributed by atoms with E-state index in [-0.39, 0.29) is 17.1 Å². The molecule has 0 atom stereocenters. The van der Waals surface area contributed by atoms with Gasteiger partial charge in [0.25, 0.3) is 5.91 Å². The van der Waals surface area contributed by atoms with E-state index in [0.717, 1.165) is 18.2 Å². The van der Waals surface area contributed by atoms with Gasteiger partial charge in [-0.05, 0) is 24.3 Å². The standard InChI is InChI=1S/C16H16ClNO2/c17-9-16(7-8-16)10-18-15(20)13-6-5-11-3-1-2-4-12(11)14(13)19/h1-6,19H,7-10H2,(H,18,20). The normalized spacial score (nSPS) is 16.1. The van der Waals surface area contributed by atoms with Gasteiger partial charge in [0.2, 0.25) is 0 Å². The highest BCUT2D eigenvalue weighted by Gasteiger charge is 2.41. The number of fused-ring (bicyclic) bond motifs is 1. The van der Waals surface area contributed by atoms with Crippen molar-refractivity contribution in [1.82, 2.24) is 5.32 Å². The van der Waals surface area contributed by atoms with Crippen LogP contribution in [0.3, 0.4) is 0 Å². The van der Waals surface area contributed by atoms with E-state index in [9.17, 15) is 9.90 Å². The molecule has 1 aliphatic carbocycles. The molecule has 1 amide bonds. The van der Waals surface area contributed by atoms with Crippen molar-refractivity contribution in [3.63, 3.8) is 0 Å². The molecule has 3 rings (SSSR count). The van der Waals surface area contributed by atoms with Crippen LogP contribution in [0.4, 0.5) is 0 Å². The first-order valence-electron chi connectivity index (χ1n) is 6.70. The molecule has 2 aromatic carbocycles. The van der Waals surface area contributed by atoms with E-state index in [1.54, 1.807) is 6.07 Å². The summed E-state index contributed by atoms with van der Waals surface area (Å²) in [6.07, 6.45) is 2.11. The van der Waals surface area contributed by atoms with Crippen LogP contribution in [0.1, 0.15) is 23.2 Å². The summed E-state index contributed by atoms with van der Waals surface area (Å²) in [6, 6.07) is 11.0. The summed E-state index contributed by atoms with van der Waals surface area (Å²) in [5, 5.41) is 14.7. The third kappa shape index (κ3) is 2.34. The lowest BCUT2D eigenvalue weighted by Crippen LogP contribution is -2.31. The van der Waals surface area contributed by atoms with E-state index in [4.69, 9.17) is 11.6 Å². The first kappa shape index (κ1) is 13.3. The van der Waals surface area contributed by atoms with Gasteiger partial charge in [0.05, 0.1) is 5.56 Å². The third-order valence-electron chi connectivity index (χ3n) is 4.01. The summed E-state index contributed by atoms with van der Waals surface area (Å²) in [5.41, 5.74) is 0.387. The SMILES string of the molecule is O=C(NCC1(CCl)CC1)c1ccc2ccccc2c1O. The van der Waals surface area contributed by atoms with Crippen molar-refractivity contribution in [2.24, 2.45) is 5.41 Å². The van der Waals surface area contributed by atoms with Gasteiger partial charge in [-0.15, -0.1) is 11.6 Å². The monoisotopic (exact) mass is 289 g/mol. The molecule has 1 fully saturated rings. The molecule has 0 aromatic heterocycles. The second-order valence-corrected chi connectivity index (χ2v) is 5.77. The fraction of sp³-hybridized carbons (Fsp3) is 0.312. The Hall–Kier alpha value is -1.74. The Kier molecular flexibility index (Phi) is 3.30. The first-order valence-corrected chi connectivity index (χ1v) is 7.24. The van der Waals surface area contributed by atoms with E-state index in [1.165, 1.54) is 0 Å². The van der Waals surface area contributed by atoms with Gasteiger partial charge in [0.15, 0.2) is 0 Å². The van der Waals surface area contributed by atoms with E-state index in [2.05, 4.69) is 5.32 Å². The fourth-order valence-electron chi connectivity index (χ4n) is 2.34.